The monoisotopic (exact) mass is 278 g/mol. The van der Waals surface area contributed by atoms with Gasteiger partial charge in [0, 0.05) is 31.5 Å². The molecule has 2 rings (SSSR count). The van der Waals surface area contributed by atoms with E-state index in [1.165, 1.54) is 0 Å². The Morgan fingerprint density at radius 3 is 2.75 bits per heavy atom. The van der Waals surface area contributed by atoms with Crippen molar-refractivity contribution in [2.75, 3.05) is 23.8 Å². The van der Waals surface area contributed by atoms with Crippen molar-refractivity contribution in [3.63, 3.8) is 0 Å². The Hall–Kier alpha value is -1.89. The largest absolute Gasteiger partial charge is 0.369 e. The van der Waals surface area contributed by atoms with Crippen LogP contribution in [0.15, 0.2) is 6.07 Å². The molecule has 0 spiro atoms. The van der Waals surface area contributed by atoms with Crippen molar-refractivity contribution in [1.82, 2.24) is 15.3 Å². The average molecular weight is 278 g/mol. The van der Waals surface area contributed by atoms with Crippen molar-refractivity contribution in [2.45, 2.75) is 38.5 Å². The summed E-state index contributed by atoms with van der Waals surface area (Å²) in [5.74, 6) is 8.03. The molecule has 0 atom stereocenters. The van der Waals surface area contributed by atoms with Crippen LogP contribution >= 0.6 is 0 Å². The van der Waals surface area contributed by atoms with E-state index < -0.39 is 0 Å². The second-order valence-corrected chi connectivity index (χ2v) is 4.94. The van der Waals surface area contributed by atoms with Gasteiger partial charge >= 0.3 is 0 Å². The van der Waals surface area contributed by atoms with Gasteiger partial charge in [0.2, 0.25) is 5.91 Å². The van der Waals surface area contributed by atoms with E-state index in [2.05, 4.69) is 26.0 Å². The molecule has 110 valence electrons. The normalized spacial score (nSPS) is 13.9. The van der Waals surface area contributed by atoms with Gasteiger partial charge in [0.25, 0.3) is 0 Å². The first kappa shape index (κ1) is 14.5. The fourth-order valence-corrected chi connectivity index (χ4v) is 1.81. The Labute approximate surface area is 118 Å². The molecule has 1 amide bonds. The number of carbonyl (C=O) groups excluding carboxylic acids is 1. The standard InChI is InChI=1S/C13H22N6O/c1-2-6-16-12(20)5-7-15-10-8-11(19-14)18-13(17-10)9-3-4-9/h8-9H,2-7,14H2,1H3,(H,16,20)(H2,15,17,18,19). The lowest BCUT2D eigenvalue weighted by Gasteiger charge is -2.09. The number of amides is 1. The smallest absolute Gasteiger partial charge is 0.221 e. The molecule has 7 nitrogen and oxygen atoms in total. The van der Waals surface area contributed by atoms with Gasteiger partial charge in [-0.1, -0.05) is 6.92 Å². The van der Waals surface area contributed by atoms with Crippen LogP contribution in [0.1, 0.15) is 44.3 Å². The molecule has 1 aromatic rings. The van der Waals surface area contributed by atoms with Gasteiger partial charge in [0.1, 0.15) is 17.5 Å². The van der Waals surface area contributed by atoms with Gasteiger partial charge in [0.15, 0.2) is 0 Å². The Kier molecular flexibility index (Phi) is 5.11. The summed E-state index contributed by atoms with van der Waals surface area (Å²) in [6, 6.07) is 1.75. The van der Waals surface area contributed by atoms with Crippen molar-refractivity contribution in [3.8, 4) is 0 Å². The van der Waals surface area contributed by atoms with E-state index in [-0.39, 0.29) is 5.91 Å². The highest BCUT2D eigenvalue weighted by Gasteiger charge is 2.27. The third-order valence-electron chi connectivity index (χ3n) is 3.06. The number of nitrogens with zero attached hydrogens (tertiary/aromatic N) is 2. The molecular formula is C13H22N6O. The molecule has 1 fully saturated rings. The summed E-state index contributed by atoms with van der Waals surface area (Å²) in [5, 5.41) is 5.98. The molecule has 5 N–H and O–H groups in total. The lowest BCUT2D eigenvalue weighted by atomic mass is 10.3. The molecule has 1 aromatic heterocycles. The Balaban J connectivity index is 1.85. The first-order chi connectivity index (χ1) is 9.72. The molecule has 0 saturated heterocycles. The van der Waals surface area contributed by atoms with Gasteiger partial charge in [-0.25, -0.2) is 15.8 Å². The van der Waals surface area contributed by atoms with Crippen LogP contribution in [0.5, 0.6) is 0 Å². The third-order valence-corrected chi connectivity index (χ3v) is 3.06. The van der Waals surface area contributed by atoms with Crippen molar-refractivity contribution in [3.05, 3.63) is 11.9 Å². The zero-order chi connectivity index (χ0) is 14.4. The maximum absolute atomic E-state index is 11.5. The minimum atomic E-state index is 0.0491. The van der Waals surface area contributed by atoms with Crippen LogP contribution < -0.4 is 21.9 Å². The number of hydrogen-bond acceptors (Lipinski definition) is 6. The van der Waals surface area contributed by atoms with Gasteiger partial charge in [0.05, 0.1) is 0 Å². The zero-order valence-corrected chi connectivity index (χ0v) is 11.8. The second-order valence-electron chi connectivity index (χ2n) is 4.94. The predicted octanol–water partition coefficient (Wildman–Crippen LogP) is 0.968. The van der Waals surface area contributed by atoms with Crippen LogP contribution in [0.4, 0.5) is 11.6 Å². The highest BCUT2D eigenvalue weighted by Crippen LogP contribution is 2.38. The maximum Gasteiger partial charge on any atom is 0.221 e. The third kappa shape index (κ3) is 4.34. The number of hydrogen-bond donors (Lipinski definition) is 4. The number of rotatable bonds is 8. The van der Waals surface area contributed by atoms with E-state index in [0.29, 0.717) is 30.5 Å². The minimum Gasteiger partial charge on any atom is -0.369 e. The fraction of sp³-hybridized carbons (Fsp3) is 0.615. The lowest BCUT2D eigenvalue weighted by Crippen LogP contribution is -2.26. The first-order valence-corrected chi connectivity index (χ1v) is 7.09. The van der Waals surface area contributed by atoms with Crippen LogP contribution in [0.25, 0.3) is 0 Å². The zero-order valence-electron chi connectivity index (χ0n) is 11.8. The Bertz CT molecular complexity index is 460. The summed E-state index contributed by atoms with van der Waals surface area (Å²) in [6.07, 6.45) is 3.63. The quantitative estimate of drug-likeness (QED) is 0.417. The van der Waals surface area contributed by atoms with Crippen molar-refractivity contribution >= 4 is 17.5 Å². The Morgan fingerprint density at radius 1 is 1.35 bits per heavy atom. The van der Waals surface area contributed by atoms with Gasteiger partial charge < -0.3 is 16.1 Å². The molecule has 1 saturated carbocycles. The van der Waals surface area contributed by atoms with E-state index in [0.717, 1.165) is 31.6 Å². The number of anilines is 2. The number of nitrogens with two attached hydrogens (primary N) is 1. The van der Waals surface area contributed by atoms with E-state index in [1.807, 2.05) is 6.92 Å². The summed E-state index contributed by atoms with van der Waals surface area (Å²) in [4.78, 5) is 20.3. The molecular weight excluding hydrogens is 256 g/mol. The van der Waals surface area contributed by atoms with Gasteiger partial charge in [-0.05, 0) is 19.3 Å². The summed E-state index contributed by atoms with van der Waals surface area (Å²) >= 11 is 0. The molecule has 0 aromatic carbocycles. The topological polar surface area (TPSA) is 105 Å². The van der Waals surface area contributed by atoms with Crippen LogP contribution in [0.2, 0.25) is 0 Å². The molecule has 7 heteroatoms. The van der Waals surface area contributed by atoms with Crippen molar-refractivity contribution in [1.29, 1.82) is 0 Å². The van der Waals surface area contributed by atoms with Crippen LogP contribution in [-0.2, 0) is 4.79 Å². The van der Waals surface area contributed by atoms with Crippen LogP contribution in [0.3, 0.4) is 0 Å². The molecule has 0 unspecified atom stereocenters. The SMILES string of the molecule is CCCNC(=O)CCNc1cc(NN)nc(C2CC2)n1. The first-order valence-electron chi connectivity index (χ1n) is 7.09. The van der Waals surface area contributed by atoms with Gasteiger partial charge in [-0.15, -0.1) is 0 Å². The van der Waals surface area contributed by atoms with Gasteiger partial charge in [-0.3, -0.25) is 4.79 Å². The lowest BCUT2D eigenvalue weighted by molar-refractivity contribution is -0.120. The second kappa shape index (κ2) is 7.04. The molecule has 1 aliphatic carbocycles. The summed E-state index contributed by atoms with van der Waals surface area (Å²) < 4.78 is 0. The molecule has 0 aliphatic heterocycles. The minimum absolute atomic E-state index is 0.0491. The van der Waals surface area contributed by atoms with E-state index in [4.69, 9.17) is 5.84 Å². The van der Waals surface area contributed by atoms with Crippen LogP contribution in [-0.4, -0.2) is 29.0 Å². The molecule has 1 heterocycles. The van der Waals surface area contributed by atoms with E-state index >= 15 is 0 Å². The van der Waals surface area contributed by atoms with E-state index in [9.17, 15) is 4.79 Å². The summed E-state index contributed by atoms with van der Waals surface area (Å²) in [6.45, 7) is 3.29. The number of hydrazine groups is 1. The highest BCUT2D eigenvalue weighted by molar-refractivity contribution is 5.76. The number of nitrogens with one attached hydrogen (secondary N) is 3. The van der Waals surface area contributed by atoms with Gasteiger partial charge in [-0.2, -0.15) is 0 Å². The molecule has 1 aliphatic rings. The molecule has 0 bridgehead atoms. The number of aromatic nitrogens is 2. The fourth-order valence-electron chi connectivity index (χ4n) is 1.81. The number of nitrogen functional groups attached to an aromatic ring is 1. The highest BCUT2D eigenvalue weighted by atomic mass is 16.1. The van der Waals surface area contributed by atoms with E-state index in [1.54, 1.807) is 6.07 Å². The predicted molar refractivity (Wildman–Crippen MR) is 78.2 cm³/mol. The Morgan fingerprint density at radius 2 is 2.10 bits per heavy atom. The molecule has 20 heavy (non-hydrogen) atoms. The summed E-state index contributed by atoms with van der Waals surface area (Å²) in [7, 11) is 0. The van der Waals surface area contributed by atoms with Crippen molar-refractivity contribution < 1.29 is 4.79 Å². The van der Waals surface area contributed by atoms with Crippen LogP contribution in [0, 0.1) is 0 Å². The number of carbonyl (C=O) groups is 1. The maximum atomic E-state index is 11.5. The average Bonchev–Trinajstić information content (AvgIpc) is 3.29. The molecule has 0 radical (unpaired) electrons. The van der Waals surface area contributed by atoms with Crippen molar-refractivity contribution in [2.24, 2.45) is 5.84 Å². The summed E-state index contributed by atoms with van der Waals surface area (Å²) in [5.41, 5.74) is 2.55.